The van der Waals surface area contributed by atoms with E-state index in [4.69, 9.17) is 4.42 Å². The van der Waals surface area contributed by atoms with Gasteiger partial charge in [0.1, 0.15) is 11.6 Å². The Bertz CT molecular complexity index is 1040. The number of aromatic nitrogens is 2. The molecule has 0 spiro atoms. The number of alkyl halides is 1. The van der Waals surface area contributed by atoms with E-state index in [0.29, 0.717) is 13.0 Å². The summed E-state index contributed by atoms with van der Waals surface area (Å²) in [5.41, 5.74) is 0.111. The van der Waals surface area contributed by atoms with Gasteiger partial charge in [0.05, 0.1) is 17.8 Å². The van der Waals surface area contributed by atoms with Crippen molar-refractivity contribution in [1.29, 1.82) is 0 Å². The van der Waals surface area contributed by atoms with Crippen molar-refractivity contribution < 1.29 is 22.4 Å². The number of hydrogen-bond acceptors (Lipinski definition) is 6. The molecule has 0 radical (unpaired) electrons. The van der Waals surface area contributed by atoms with Gasteiger partial charge >= 0.3 is 6.01 Å². The molecule has 0 fully saturated rings. The number of amides is 1. The number of hydrogen-bond donors (Lipinski definition) is 3. The first-order valence-electron chi connectivity index (χ1n) is 10.8. The van der Waals surface area contributed by atoms with E-state index in [2.05, 4.69) is 26.1 Å². The highest BCUT2D eigenvalue weighted by molar-refractivity contribution is 6.04. The lowest BCUT2D eigenvalue weighted by Gasteiger charge is -2.07. The highest BCUT2D eigenvalue weighted by atomic mass is 19.1. The molecule has 1 heterocycles. The number of rotatable bonds is 13. The van der Waals surface area contributed by atoms with Gasteiger partial charge in [0.2, 0.25) is 0 Å². The number of halogens is 3. The lowest BCUT2D eigenvalue weighted by molar-refractivity contribution is 0.102. The molecule has 0 aliphatic carbocycles. The van der Waals surface area contributed by atoms with Crippen LogP contribution in [0, 0.1) is 11.6 Å². The Kier molecular flexibility index (Phi) is 9.25. The molecular formula is C23H26F3N5O2. The maximum atomic E-state index is 14.6. The van der Waals surface area contributed by atoms with E-state index in [1.54, 1.807) is 0 Å². The zero-order chi connectivity index (χ0) is 23.5. The smallest absolute Gasteiger partial charge is 0.315 e. The van der Waals surface area contributed by atoms with Crippen molar-refractivity contribution in [1.82, 2.24) is 15.5 Å². The van der Waals surface area contributed by atoms with E-state index in [0.717, 1.165) is 38.4 Å². The topological polar surface area (TPSA) is 92.1 Å². The monoisotopic (exact) mass is 461 g/mol. The number of benzene rings is 2. The molecule has 0 aliphatic heterocycles. The van der Waals surface area contributed by atoms with Gasteiger partial charge in [0.25, 0.3) is 11.8 Å². The summed E-state index contributed by atoms with van der Waals surface area (Å²) in [5.74, 6) is -2.02. The van der Waals surface area contributed by atoms with Crippen LogP contribution in [-0.4, -0.2) is 42.4 Å². The zero-order valence-electron chi connectivity index (χ0n) is 18.0. The van der Waals surface area contributed by atoms with E-state index in [9.17, 15) is 18.0 Å². The summed E-state index contributed by atoms with van der Waals surface area (Å²) in [7, 11) is 0. The minimum Gasteiger partial charge on any atom is -0.403 e. The first-order valence-corrected chi connectivity index (χ1v) is 10.8. The van der Waals surface area contributed by atoms with Crippen LogP contribution in [0.1, 0.15) is 36.0 Å². The first kappa shape index (κ1) is 24.2. The van der Waals surface area contributed by atoms with Crippen LogP contribution < -0.4 is 16.0 Å². The van der Waals surface area contributed by atoms with Crippen molar-refractivity contribution in [2.45, 2.75) is 25.7 Å². The minimum atomic E-state index is -0.681. The molecule has 1 amide bonds. The van der Waals surface area contributed by atoms with Crippen molar-refractivity contribution in [3.05, 3.63) is 59.7 Å². The molecule has 3 N–H and O–H groups in total. The first-order chi connectivity index (χ1) is 16.1. The maximum absolute atomic E-state index is 14.6. The van der Waals surface area contributed by atoms with Gasteiger partial charge in [-0.2, -0.15) is 0 Å². The molecule has 7 nitrogen and oxygen atoms in total. The number of carbonyl (C=O) groups excluding carboxylic acids is 1. The molecule has 0 atom stereocenters. The van der Waals surface area contributed by atoms with E-state index in [1.807, 2.05) is 0 Å². The van der Waals surface area contributed by atoms with Crippen LogP contribution in [0.2, 0.25) is 0 Å². The van der Waals surface area contributed by atoms with Crippen molar-refractivity contribution in [3.8, 4) is 11.5 Å². The SMILES string of the molecule is O=C(Nc1ccc(-c2nnc(NCCCCNCCCCF)o2)c(F)c1)c1ccccc1F. The third-order valence-electron chi connectivity index (χ3n) is 4.79. The Hall–Kier alpha value is -3.40. The Morgan fingerprint density at radius 1 is 0.909 bits per heavy atom. The molecule has 0 aliphatic rings. The van der Waals surface area contributed by atoms with Gasteiger partial charge in [0, 0.05) is 12.2 Å². The molecule has 176 valence electrons. The fraction of sp³-hybridized carbons (Fsp3) is 0.348. The van der Waals surface area contributed by atoms with Crippen molar-refractivity contribution in [2.75, 3.05) is 36.9 Å². The van der Waals surface area contributed by atoms with E-state index in [1.165, 1.54) is 36.4 Å². The standard InChI is InChI=1S/C23H26F3N5O2/c24-11-3-4-12-27-13-5-6-14-28-23-31-30-22(33-23)18-10-9-16(15-20(18)26)29-21(32)17-7-1-2-8-19(17)25/h1-2,7-10,15,27H,3-6,11-14H2,(H,28,31)(H,29,32). The third-order valence-corrected chi connectivity index (χ3v) is 4.79. The van der Waals surface area contributed by atoms with Crippen molar-refractivity contribution in [2.24, 2.45) is 0 Å². The van der Waals surface area contributed by atoms with Gasteiger partial charge in [-0.15, -0.1) is 5.10 Å². The Morgan fingerprint density at radius 2 is 1.67 bits per heavy atom. The molecule has 3 rings (SSSR count). The van der Waals surface area contributed by atoms with Crippen LogP contribution in [-0.2, 0) is 0 Å². The number of nitrogens with zero attached hydrogens (tertiary/aromatic N) is 2. The highest BCUT2D eigenvalue weighted by Gasteiger charge is 2.16. The van der Waals surface area contributed by atoms with Crippen LogP contribution in [0.3, 0.4) is 0 Å². The molecular weight excluding hydrogens is 435 g/mol. The summed E-state index contributed by atoms with van der Waals surface area (Å²) < 4.78 is 45.8. The van der Waals surface area contributed by atoms with Crippen molar-refractivity contribution in [3.63, 3.8) is 0 Å². The molecule has 3 aromatic rings. The Balaban J connectivity index is 1.48. The second kappa shape index (κ2) is 12.6. The predicted octanol–water partition coefficient (Wildman–Crippen LogP) is 4.80. The molecule has 0 saturated heterocycles. The number of carbonyl (C=O) groups is 1. The van der Waals surface area contributed by atoms with Gasteiger partial charge in [-0.05, 0) is 69.1 Å². The van der Waals surface area contributed by atoms with Crippen LogP contribution in [0.15, 0.2) is 46.9 Å². The largest absolute Gasteiger partial charge is 0.403 e. The molecule has 10 heteroatoms. The highest BCUT2D eigenvalue weighted by Crippen LogP contribution is 2.26. The minimum absolute atomic E-state index is 0.00323. The summed E-state index contributed by atoms with van der Waals surface area (Å²) in [6.07, 6.45) is 3.20. The summed E-state index contributed by atoms with van der Waals surface area (Å²) in [5, 5.41) is 16.4. The van der Waals surface area contributed by atoms with Gasteiger partial charge in [0.15, 0.2) is 0 Å². The lowest BCUT2D eigenvalue weighted by atomic mass is 10.1. The van der Waals surface area contributed by atoms with Gasteiger partial charge in [-0.25, -0.2) is 8.78 Å². The quantitative estimate of drug-likeness (QED) is 0.317. The lowest BCUT2D eigenvalue weighted by Crippen LogP contribution is -2.17. The van der Waals surface area contributed by atoms with Crippen molar-refractivity contribution >= 4 is 17.6 Å². The molecule has 0 bridgehead atoms. The van der Waals surface area contributed by atoms with Gasteiger partial charge < -0.3 is 20.4 Å². The molecule has 0 saturated carbocycles. The Morgan fingerprint density at radius 3 is 2.42 bits per heavy atom. The average molecular weight is 461 g/mol. The van der Waals surface area contributed by atoms with Gasteiger partial charge in [-0.3, -0.25) is 9.18 Å². The molecule has 0 unspecified atom stereocenters. The summed E-state index contributed by atoms with van der Waals surface area (Å²) in [6, 6.07) is 9.68. The van der Waals surface area contributed by atoms with Gasteiger partial charge in [-0.1, -0.05) is 17.2 Å². The third kappa shape index (κ3) is 7.31. The van der Waals surface area contributed by atoms with Crippen LogP contribution in [0.25, 0.3) is 11.5 Å². The number of nitrogens with one attached hydrogen (secondary N) is 3. The molecule has 1 aromatic heterocycles. The van der Waals surface area contributed by atoms with Crippen LogP contribution >= 0.6 is 0 Å². The summed E-state index contributed by atoms with van der Waals surface area (Å²) in [6.45, 7) is 1.98. The maximum Gasteiger partial charge on any atom is 0.315 e. The second-order valence-electron chi connectivity index (χ2n) is 7.32. The number of anilines is 2. The van der Waals surface area contributed by atoms with E-state index in [-0.39, 0.29) is 35.4 Å². The van der Waals surface area contributed by atoms with E-state index >= 15 is 0 Å². The zero-order valence-corrected chi connectivity index (χ0v) is 18.0. The van der Waals surface area contributed by atoms with Crippen LogP contribution in [0.5, 0.6) is 0 Å². The molecule has 2 aromatic carbocycles. The summed E-state index contributed by atoms with van der Waals surface area (Å²) >= 11 is 0. The predicted molar refractivity (Wildman–Crippen MR) is 120 cm³/mol. The summed E-state index contributed by atoms with van der Waals surface area (Å²) in [4.78, 5) is 12.2. The molecule has 33 heavy (non-hydrogen) atoms. The normalized spacial score (nSPS) is 10.9. The van der Waals surface area contributed by atoms with Crippen LogP contribution in [0.4, 0.5) is 24.9 Å². The average Bonchev–Trinajstić information content (AvgIpc) is 3.27. The second-order valence-corrected chi connectivity index (χ2v) is 7.32. The Labute approximate surface area is 189 Å². The fourth-order valence-electron chi connectivity index (χ4n) is 3.05. The van der Waals surface area contributed by atoms with E-state index < -0.39 is 17.5 Å². The number of unbranched alkanes of at least 4 members (excludes halogenated alkanes) is 2. The fourth-order valence-corrected chi connectivity index (χ4v) is 3.05.